The Labute approximate surface area is 64.1 Å². The zero-order valence-electron chi connectivity index (χ0n) is 3.80. The molecule has 8 heavy (non-hydrogen) atoms. The zero-order chi connectivity index (χ0) is 5.98. The van der Waals surface area contributed by atoms with Gasteiger partial charge in [-0.15, -0.1) is 11.3 Å². The minimum absolute atomic E-state index is 0.527. The molecule has 1 aromatic rings. The maximum Gasteiger partial charge on any atom is 0.169 e. The van der Waals surface area contributed by atoms with Gasteiger partial charge in [-0.25, -0.2) is 4.98 Å². The van der Waals surface area contributed by atoms with Gasteiger partial charge in [-0.1, -0.05) is 0 Å². The van der Waals surface area contributed by atoms with E-state index in [0.29, 0.717) is 5.69 Å². The molecule has 0 amide bonds. The van der Waals surface area contributed by atoms with Crippen molar-refractivity contribution in [2.45, 2.75) is 0 Å². The van der Waals surface area contributed by atoms with Crippen LogP contribution in [0, 0.1) is 3.01 Å². The fraction of sp³-hybridized carbons (Fsp3) is 0. The number of halogens is 1. The summed E-state index contributed by atoms with van der Waals surface area (Å²) in [6, 6.07) is 0. The molecule has 0 fully saturated rings. The van der Waals surface area contributed by atoms with Crippen LogP contribution in [0.3, 0.4) is 0 Å². The maximum absolute atomic E-state index is 9.96. The number of nitrogens with zero attached hydrogens (tertiary/aromatic N) is 1. The summed E-state index contributed by atoms with van der Waals surface area (Å²) >= 11 is 3.55. The first-order valence-corrected chi connectivity index (χ1v) is 3.85. The van der Waals surface area contributed by atoms with E-state index in [9.17, 15) is 4.79 Å². The quantitative estimate of drug-likeness (QED) is 0.549. The Morgan fingerprint density at radius 1 is 1.88 bits per heavy atom. The fourth-order valence-corrected chi connectivity index (χ4v) is 1.46. The molecule has 0 radical (unpaired) electrons. The number of rotatable bonds is 1. The molecule has 42 valence electrons. The Kier molecular flexibility index (Phi) is 1.95. The highest BCUT2D eigenvalue weighted by atomic mass is 127. The minimum Gasteiger partial charge on any atom is -0.296 e. The van der Waals surface area contributed by atoms with Crippen LogP contribution in [0.4, 0.5) is 0 Å². The van der Waals surface area contributed by atoms with Gasteiger partial charge in [0, 0.05) is 5.38 Å². The lowest BCUT2D eigenvalue weighted by Gasteiger charge is -1.69. The van der Waals surface area contributed by atoms with E-state index in [4.69, 9.17) is 0 Å². The summed E-state index contributed by atoms with van der Waals surface area (Å²) in [5, 5.41) is 1.73. The number of aromatic nitrogens is 1. The Hall–Kier alpha value is 0.0300. The van der Waals surface area contributed by atoms with Gasteiger partial charge in [0.05, 0.1) is 0 Å². The third-order valence-electron chi connectivity index (χ3n) is 0.615. The average Bonchev–Trinajstić information content (AvgIpc) is 2.14. The zero-order valence-corrected chi connectivity index (χ0v) is 6.77. The van der Waals surface area contributed by atoms with Crippen molar-refractivity contribution in [3.63, 3.8) is 0 Å². The van der Waals surface area contributed by atoms with Crippen molar-refractivity contribution in [3.8, 4) is 0 Å². The molecule has 0 unspecified atom stereocenters. The molecule has 0 spiro atoms. The van der Waals surface area contributed by atoms with Gasteiger partial charge in [0.1, 0.15) is 5.69 Å². The van der Waals surface area contributed by atoms with Crippen molar-refractivity contribution >= 4 is 40.2 Å². The summed E-state index contributed by atoms with van der Waals surface area (Å²) < 4.78 is 0.907. The van der Waals surface area contributed by atoms with Crippen LogP contribution < -0.4 is 0 Å². The maximum atomic E-state index is 9.96. The van der Waals surface area contributed by atoms with E-state index in [1.54, 1.807) is 5.38 Å². The highest BCUT2D eigenvalue weighted by molar-refractivity contribution is 14.1. The molecule has 1 rings (SSSR count). The highest BCUT2D eigenvalue weighted by Gasteiger charge is 1.93. The molecule has 0 bridgehead atoms. The lowest BCUT2D eigenvalue weighted by Crippen LogP contribution is -1.75. The van der Waals surface area contributed by atoms with Gasteiger partial charge < -0.3 is 0 Å². The number of aldehydes is 1. The van der Waals surface area contributed by atoms with Crippen molar-refractivity contribution in [1.82, 2.24) is 4.98 Å². The third kappa shape index (κ3) is 1.25. The Balaban J connectivity index is 3.00. The normalized spacial score (nSPS) is 9.12. The Bertz CT molecular complexity index is 198. The SMILES string of the molecule is O=Cc1csc(I)n1. The molecule has 0 aliphatic heterocycles. The molecule has 1 heterocycles. The molecule has 4 heteroatoms. The topological polar surface area (TPSA) is 30.0 Å². The van der Waals surface area contributed by atoms with Gasteiger partial charge >= 0.3 is 0 Å². The van der Waals surface area contributed by atoms with Crippen LogP contribution in [0.25, 0.3) is 0 Å². The first kappa shape index (κ1) is 6.15. The smallest absolute Gasteiger partial charge is 0.169 e. The molecule has 0 saturated carbocycles. The van der Waals surface area contributed by atoms with E-state index in [1.807, 2.05) is 0 Å². The lowest BCUT2D eigenvalue weighted by molar-refractivity contribution is 0.111. The van der Waals surface area contributed by atoms with Crippen molar-refractivity contribution in [3.05, 3.63) is 14.1 Å². The van der Waals surface area contributed by atoms with Crippen LogP contribution in [-0.2, 0) is 0 Å². The molecular formula is C4H2INOS. The molecule has 0 saturated heterocycles. The molecule has 0 N–H and O–H groups in total. The summed E-state index contributed by atoms with van der Waals surface area (Å²) in [5.41, 5.74) is 0.527. The minimum atomic E-state index is 0.527. The van der Waals surface area contributed by atoms with Gasteiger partial charge in [0.25, 0.3) is 0 Å². The van der Waals surface area contributed by atoms with Crippen LogP contribution >= 0.6 is 33.9 Å². The largest absolute Gasteiger partial charge is 0.296 e. The summed E-state index contributed by atoms with van der Waals surface area (Å²) in [4.78, 5) is 13.8. The van der Waals surface area contributed by atoms with Gasteiger partial charge in [-0.3, -0.25) is 4.79 Å². The van der Waals surface area contributed by atoms with Gasteiger partial charge in [-0.2, -0.15) is 0 Å². The number of thiazole rings is 1. The second-order valence-electron chi connectivity index (χ2n) is 1.14. The lowest BCUT2D eigenvalue weighted by atomic mass is 10.6. The monoisotopic (exact) mass is 239 g/mol. The molecular weight excluding hydrogens is 237 g/mol. The third-order valence-corrected chi connectivity index (χ3v) is 2.26. The molecule has 1 aromatic heterocycles. The first-order valence-electron chi connectivity index (χ1n) is 1.89. The van der Waals surface area contributed by atoms with Crippen molar-refractivity contribution in [2.75, 3.05) is 0 Å². The predicted molar refractivity (Wildman–Crippen MR) is 40.2 cm³/mol. The summed E-state index contributed by atoms with van der Waals surface area (Å²) in [7, 11) is 0. The van der Waals surface area contributed by atoms with Gasteiger partial charge in [-0.05, 0) is 22.6 Å². The molecule has 0 atom stereocenters. The summed E-state index contributed by atoms with van der Waals surface area (Å²) in [5.74, 6) is 0. The first-order chi connectivity index (χ1) is 3.83. The van der Waals surface area contributed by atoms with E-state index >= 15 is 0 Å². The van der Waals surface area contributed by atoms with Crippen LogP contribution in [0.2, 0.25) is 0 Å². The number of carbonyl (C=O) groups excluding carboxylic acids is 1. The Morgan fingerprint density at radius 3 is 2.88 bits per heavy atom. The van der Waals surface area contributed by atoms with Gasteiger partial charge in [0.2, 0.25) is 0 Å². The van der Waals surface area contributed by atoms with Gasteiger partial charge in [0.15, 0.2) is 9.30 Å². The molecule has 0 aromatic carbocycles. The second-order valence-corrected chi connectivity index (χ2v) is 3.76. The van der Waals surface area contributed by atoms with Crippen molar-refractivity contribution in [1.29, 1.82) is 0 Å². The van der Waals surface area contributed by atoms with E-state index in [-0.39, 0.29) is 0 Å². The number of hydrogen-bond acceptors (Lipinski definition) is 3. The summed E-state index contributed by atoms with van der Waals surface area (Å²) in [6.45, 7) is 0. The Morgan fingerprint density at radius 2 is 2.62 bits per heavy atom. The van der Waals surface area contributed by atoms with Crippen molar-refractivity contribution < 1.29 is 4.79 Å². The molecule has 0 aliphatic rings. The number of hydrogen-bond donors (Lipinski definition) is 0. The van der Waals surface area contributed by atoms with Crippen molar-refractivity contribution in [2.24, 2.45) is 0 Å². The summed E-state index contributed by atoms with van der Waals surface area (Å²) in [6.07, 6.45) is 0.749. The van der Waals surface area contributed by atoms with Crippen LogP contribution in [0.5, 0.6) is 0 Å². The van der Waals surface area contributed by atoms with E-state index in [2.05, 4.69) is 27.6 Å². The van der Waals surface area contributed by atoms with Crippen LogP contribution in [0.1, 0.15) is 10.5 Å². The van der Waals surface area contributed by atoms with E-state index < -0.39 is 0 Å². The fourth-order valence-electron chi connectivity index (χ4n) is 0.317. The van der Waals surface area contributed by atoms with Crippen LogP contribution in [-0.4, -0.2) is 11.3 Å². The van der Waals surface area contributed by atoms with E-state index in [1.165, 1.54) is 11.3 Å². The standard InChI is InChI=1S/C4H2INOS/c5-4-6-3(1-7)2-8-4/h1-2H. The predicted octanol–water partition coefficient (Wildman–Crippen LogP) is 1.56. The number of carbonyl (C=O) groups is 1. The molecule has 0 aliphatic carbocycles. The second kappa shape index (κ2) is 2.54. The average molecular weight is 239 g/mol. The van der Waals surface area contributed by atoms with E-state index in [0.717, 1.165) is 9.30 Å². The highest BCUT2D eigenvalue weighted by Crippen LogP contribution is 2.09. The van der Waals surface area contributed by atoms with Crippen LogP contribution in [0.15, 0.2) is 5.38 Å². The molecule has 2 nitrogen and oxygen atoms in total.